The average molecular weight is 355 g/mol. The van der Waals surface area contributed by atoms with E-state index in [-0.39, 0.29) is 12.7 Å². The lowest BCUT2D eigenvalue weighted by Gasteiger charge is -2.15. The van der Waals surface area contributed by atoms with E-state index in [2.05, 4.69) is 5.32 Å². The van der Waals surface area contributed by atoms with Crippen LogP contribution in [0.1, 0.15) is 34.0 Å². The zero-order chi connectivity index (χ0) is 18.7. The molecule has 1 aliphatic rings. The maximum absolute atomic E-state index is 12.3. The molecule has 0 aliphatic carbocycles. The zero-order valence-corrected chi connectivity index (χ0v) is 15.0. The Labute approximate surface area is 152 Å². The normalized spacial score (nSPS) is 13.2. The molecule has 1 amide bonds. The topological polar surface area (TPSA) is 73.9 Å². The predicted molar refractivity (Wildman–Crippen MR) is 95.2 cm³/mol. The van der Waals surface area contributed by atoms with Crippen molar-refractivity contribution < 1.29 is 23.8 Å². The molecule has 0 saturated heterocycles. The number of esters is 1. The Morgan fingerprint density at radius 3 is 2.65 bits per heavy atom. The summed E-state index contributed by atoms with van der Waals surface area (Å²) in [6.45, 7) is 5.86. The molecule has 6 nitrogen and oxygen atoms in total. The van der Waals surface area contributed by atoms with Crippen molar-refractivity contribution in [1.29, 1.82) is 0 Å². The lowest BCUT2D eigenvalue weighted by atomic mass is 10.1. The second-order valence-corrected chi connectivity index (χ2v) is 6.27. The Morgan fingerprint density at radius 1 is 1.12 bits per heavy atom. The molecule has 26 heavy (non-hydrogen) atoms. The molecule has 0 fully saturated rings. The van der Waals surface area contributed by atoms with E-state index in [4.69, 9.17) is 14.2 Å². The first-order valence-electron chi connectivity index (χ1n) is 8.38. The van der Waals surface area contributed by atoms with E-state index in [1.807, 2.05) is 38.1 Å². The van der Waals surface area contributed by atoms with Crippen molar-refractivity contribution in [2.75, 3.05) is 6.79 Å². The van der Waals surface area contributed by atoms with Crippen molar-refractivity contribution in [3.05, 3.63) is 58.7 Å². The van der Waals surface area contributed by atoms with Gasteiger partial charge < -0.3 is 19.5 Å². The highest BCUT2D eigenvalue weighted by molar-refractivity contribution is 5.93. The highest BCUT2D eigenvalue weighted by atomic mass is 16.7. The van der Waals surface area contributed by atoms with E-state index in [9.17, 15) is 9.59 Å². The quantitative estimate of drug-likeness (QED) is 0.835. The molecule has 1 N–H and O–H groups in total. The molecule has 6 heteroatoms. The minimum Gasteiger partial charge on any atom is -0.454 e. The summed E-state index contributed by atoms with van der Waals surface area (Å²) in [5.41, 5.74) is 3.22. The van der Waals surface area contributed by atoms with Gasteiger partial charge in [-0.3, -0.25) is 4.79 Å². The maximum atomic E-state index is 12.3. The fourth-order valence-corrected chi connectivity index (χ4v) is 2.70. The summed E-state index contributed by atoms with van der Waals surface area (Å²) in [6.07, 6.45) is -0.891. The molecule has 0 aromatic heterocycles. The summed E-state index contributed by atoms with van der Waals surface area (Å²) in [4.78, 5) is 24.5. The number of ether oxygens (including phenoxy) is 3. The van der Waals surface area contributed by atoms with Crippen LogP contribution < -0.4 is 14.8 Å². The molecule has 1 atom stereocenters. The van der Waals surface area contributed by atoms with Gasteiger partial charge in [-0.05, 0) is 50.1 Å². The molecule has 0 unspecified atom stereocenters. The van der Waals surface area contributed by atoms with Gasteiger partial charge in [0, 0.05) is 6.54 Å². The van der Waals surface area contributed by atoms with Crippen LogP contribution in [0.5, 0.6) is 11.5 Å². The fourth-order valence-electron chi connectivity index (χ4n) is 2.70. The molecule has 0 saturated carbocycles. The standard InChI is InChI=1S/C20H21NO5/c1-12-4-6-16(13(2)8-12)20(23)26-14(3)19(22)21-10-15-5-7-17-18(9-15)25-11-24-17/h4-9,14H,10-11H2,1-3H3,(H,21,22)/t14-/m1/s1. The number of fused-ring (bicyclic) bond motifs is 1. The summed E-state index contributed by atoms with van der Waals surface area (Å²) < 4.78 is 15.8. The van der Waals surface area contributed by atoms with Crippen LogP contribution in [0, 0.1) is 13.8 Å². The molecule has 1 aliphatic heterocycles. The van der Waals surface area contributed by atoms with Gasteiger partial charge in [-0.2, -0.15) is 0 Å². The number of hydrogen-bond donors (Lipinski definition) is 1. The number of aryl methyl sites for hydroxylation is 2. The van der Waals surface area contributed by atoms with Gasteiger partial charge in [-0.1, -0.05) is 23.8 Å². The number of carbonyl (C=O) groups is 2. The lowest BCUT2D eigenvalue weighted by Crippen LogP contribution is -2.35. The number of nitrogens with one attached hydrogen (secondary N) is 1. The largest absolute Gasteiger partial charge is 0.454 e. The van der Waals surface area contributed by atoms with Crippen LogP contribution in [0.15, 0.2) is 36.4 Å². The maximum Gasteiger partial charge on any atom is 0.339 e. The molecule has 136 valence electrons. The van der Waals surface area contributed by atoms with E-state index < -0.39 is 12.1 Å². The van der Waals surface area contributed by atoms with Crippen molar-refractivity contribution >= 4 is 11.9 Å². The first-order valence-corrected chi connectivity index (χ1v) is 8.38. The van der Waals surface area contributed by atoms with Crippen LogP contribution in [0.4, 0.5) is 0 Å². The Morgan fingerprint density at radius 2 is 1.88 bits per heavy atom. The second-order valence-electron chi connectivity index (χ2n) is 6.27. The van der Waals surface area contributed by atoms with Gasteiger partial charge in [0.15, 0.2) is 17.6 Å². The van der Waals surface area contributed by atoms with Gasteiger partial charge in [0.2, 0.25) is 6.79 Å². The van der Waals surface area contributed by atoms with Gasteiger partial charge in [0.1, 0.15) is 0 Å². The Balaban J connectivity index is 1.55. The number of rotatable bonds is 5. The number of amides is 1. The number of benzene rings is 2. The summed E-state index contributed by atoms with van der Waals surface area (Å²) in [5.74, 6) is 0.482. The molecule has 0 radical (unpaired) electrons. The van der Waals surface area contributed by atoms with Gasteiger partial charge in [-0.15, -0.1) is 0 Å². The first-order chi connectivity index (χ1) is 12.4. The third-order valence-electron chi connectivity index (χ3n) is 4.16. The summed E-state index contributed by atoms with van der Waals surface area (Å²) in [7, 11) is 0. The van der Waals surface area contributed by atoms with Crippen LogP contribution in [0.3, 0.4) is 0 Å². The van der Waals surface area contributed by atoms with Gasteiger partial charge in [0.05, 0.1) is 5.56 Å². The Hall–Kier alpha value is -3.02. The molecule has 0 bridgehead atoms. The monoisotopic (exact) mass is 355 g/mol. The number of carbonyl (C=O) groups excluding carboxylic acids is 2. The second kappa shape index (κ2) is 7.47. The summed E-state index contributed by atoms with van der Waals surface area (Å²) in [5, 5.41) is 2.76. The van der Waals surface area contributed by atoms with Crippen molar-refractivity contribution in [3.63, 3.8) is 0 Å². The minimum atomic E-state index is -0.891. The molecule has 1 heterocycles. The van der Waals surface area contributed by atoms with Crippen LogP contribution in [0.2, 0.25) is 0 Å². The van der Waals surface area contributed by atoms with Crippen LogP contribution in [0.25, 0.3) is 0 Å². The molecule has 2 aromatic carbocycles. The molecule has 3 rings (SSSR count). The van der Waals surface area contributed by atoms with Crippen molar-refractivity contribution in [2.45, 2.75) is 33.4 Å². The SMILES string of the molecule is Cc1ccc(C(=O)O[C@H](C)C(=O)NCc2ccc3c(c2)OCO3)c(C)c1. The fraction of sp³-hybridized carbons (Fsp3) is 0.300. The van der Waals surface area contributed by atoms with E-state index >= 15 is 0 Å². The summed E-state index contributed by atoms with van der Waals surface area (Å²) >= 11 is 0. The van der Waals surface area contributed by atoms with Crippen LogP contribution in [-0.4, -0.2) is 24.8 Å². The van der Waals surface area contributed by atoms with Gasteiger partial charge >= 0.3 is 5.97 Å². The van der Waals surface area contributed by atoms with Crippen LogP contribution in [-0.2, 0) is 16.1 Å². The van der Waals surface area contributed by atoms with Crippen molar-refractivity contribution in [1.82, 2.24) is 5.32 Å². The van der Waals surface area contributed by atoms with Gasteiger partial charge in [0.25, 0.3) is 5.91 Å². The van der Waals surface area contributed by atoms with Crippen molar-refractivity contribution in [2.24, 2.45) is 0 Å². The third kappa shape index (κ3) is 3.96. The molecular formula is C20H21NO5. The third-order valence-corrected chi connectivity index (χ3v) is 4.16. The van der Waals surface area contributed by atoms with Crippen molar-refractivity contribution in [3.8, 4) is 11.5 Å². The van der Waals surface area contributed by atoms with E-state index in [0.29, 0.717) is 23.6 Å². The summed E-state index contributed by atoms with van der Waals surface area (Å²) in [6, 6.07) is 10.9. The lowest BCUT2D eigenvalue weighted by molar-refractivity contribution is -0.129. The first kappa shape index (κ1) is 17.8. The highest BCUT2D eigenvalue weighted by Crippen LogP contribution is 2.32. The predicted octanol–water partition coefficient (Wildman–Crippen LogP) is 2.89. The molecular weight excluding hydrogens is 334 g/mol. The zero-order valence-electron chi connectivity index (χ0n) is 15.0. The minimum absolute atomic E-state index is 0.205. The van der Waals surface area contributed by atoms with E-state index in [1.54, 1.807) is 19.1 Å². The average Bonchev–Trinajstić information content (AvgIpc) is 3.07. The van der Waals surface area contributed by atoms with Crippen LogP contribution >= 0.6 is 0 Å². The number of hydrogen-bond acceptors (Lipinski definition) is 5. The Bertz CT molecular complexity index is 846. The Kier molecular flexibility index (Phi) is 5.11. The van der Waals surface area contributed by atoms with E-state index in [0.717, 1.165) is 16.7 Å². The highest BCUT2D eigenvalue weighted by Gasteiger charge is 2.20. The molecule has 0 spiro atoms. The van der Waals surface area contributed by atoms with Gasteiger partial charge in [-0.25, -0.2) is 4.79 Å². The van der Waals surface area contributed by atoms with E-state index in [1.165, 1.54) is 0 Å². The molecule has 2 aromatic rings. The smallest absolute Gasteiger partial charge is 0.339 e.